The van der Waals surface area contributed by atoms with E-state index in [1.165, 1.54) is 13.2 Å². The molecule has 1 rings (SSSR count). The fourth-order valence-corrected chi connectivity index (χ4v) is 1.39. The molecule has 1 aromatic heterocycles. The summed E-state index contributed by atoms with van der Waals surface area (Å²) in [5.74, 6) is 0.149. The van der Waals surface area contributed by atoms with Gasteiger partial charge in [0.2, 0.25) is 5.91 Å². The van der Waals surface area contributed by atoms with Crippen molar-refractivity contribution in [3.63, 3.8) is 0 Å². The third-order valence-electron chi connectivity index (χ3n) is 2.26. The molecule has 1 heterocycles. The van der Waals surface area contributed by atoms with Crippen LogP contribution in [0.25, 0.3) is 0 Å². The number of nitrogens with one attached hydrogen (secondary N) is 2. The Morgan fingerprint density at radius 3 is 2.47 bits per heavy atom. The minimum Gasteiger partial charge on any atom is -0.459 e. The van der Waals surface area contributed by atoms with Crippen LogP contribution in [0.5, 0.6) is 0 Å². The SMILES string of the molecule is CC(=O)NCCCCCNC(=O)c1ccco1. The highest BCUT2D eigenvalue weighted by Gasteiger charge is 2.06. The summed E-state index contributed by atoms with van der Waals surface area (Å²) in [5, 5.41) is 5.49. The van der Waals surface area contributed by atoms with Crippen LogP contribution in [0.2, 0.25) is 0 Å². The number of carbonyl (C=O) groups is 2. The number of unbranched alkanes of at least 4 members (excludes halogenated alkanes) is 2. The summed E-state index contributed by atoms with van der Waals surface area (Å²) in [6, 6.07) is 3.31. The van der Waals surface area contributed by atoms with Gasteiger partial charge in [0.25, 0.3) is 5.91 Å². The molecule has 0 saturated heterocycles. The Bertz CT molecular complexity index is 347. The van der Waals surface area contributed by atoms with Crippen LogP contribution in [0.4, 0.5) is 0 Å². The summed E-state index contributed by atoms with van der Waals surface area (Å²) in [6.45, 7) is 2.82. The van der Waals surface area contributed by atoms with Crippen molar-refractivity contribution >= 4 is 11.8 Å². The van der Waals surface area contributed by atoms with Gasteiger partial charge >= 0.3 is 0 Å². The van der Waals surface area contributed by atoms with Gasteiger partial charge in [-0.05, 0) is 31.4 Å². The Labute approximate surface area is 101 Å². The standard InChI is InChI=1S/C12H18N2O3/c1-10(15)13-7-3-2-4-8-14-12(16)11-6-5-9-17-11/h5-6,9H,2-4,7-8H2,1H3,(H,13,15)(H,14,16). The van der Waals surface area contributed by atoms with Crippen molar-refractivity contribution in [3.05, 3.63) is 24.2 Å². The summed E-state index contributed by atoms with van der Waals surface area (Å²) in [6.07, 6.45) is 4.27. The second-order valence-corrected chi connectivity index (χ2v) is 3.78. The summed E-state index contributed by atoms with van der Waals surface area (Å²) in [4.78, 5) is 22.0. The molecular formula is C12H18N2O3. The van der Waals surface area contributed by atoms with Crippen molar-refractivity contribution in [3.8, 4) is 0 Å². The fraction of sp³-hybridized carbons (Fsp3) is 0.500. The fourth-order valence-electron chi connectivity index (χ4n) is 1.39. The Kier molecular flexibility index (Phi) is 5.85. The molecular weight excluding hydrogens is 220 g/mol. The zero-order chi connectivity index (χ0) is 12.5. The molecule has 17 heavy (non-hydrogen) atoms. The molecule has 0 unspecified atom stereocenters. The molecule has 1 aromatic rings. The van der Waals surface area contributed by atoms with Crippen LogP contribution in [0, 0.1) is 0 Å². The zero-order valence-electron chi connectivity index (χ0n) is 9.99. The Morgan fingerprint density at radius 1 is 1.18 bits per heavy atom. The molecule has 0 atom stereocenters. The van der Waals surface area contributed by atoms with Crippen LogP contribution in [0.1, 0.15) is 36.7 Å². The molecule has 0 aliphatic carbocycles. The van der Waals surface area contributed by atoms with E-state index in [4.69, 9.17) is 4.42 Å². The molecule has 0 radical (unpaired) electrons. The Balaban J connectivity index is 1.97. The third kappa shape index (κ3) is 5.75. The van der Waals surface area contributed by atoms with Crippen molar-refractivity contribution < 1.29 is 14.0 Å². The van der Waals surface area contributed by atoms with E-state index in [9.17, 15) is 9.59 Å². The van der Waals surface area contributed by atoms with Crippen LogP contribution in [-0.4, -0.2) is 24.9 Å². The van der Waals surface area contributed by atoms with Gasteiger partial charge in [-0.2, -0.15) is 0 Å². The first-order chi connectivity index (χ1) is 8.20. The molecule has 2 amide bonds. The Morgan fingerprint density at radius 2 is 1.88 bits per heavy atom. The molecule has 5 nitrogen and oxygen atoms in total. The maximum absolute atomic E-state index is 11.4. The minimum absolute atomic E-state index is 0.00359. The quantitative estimate of drug-likeness (QED) is 0.704. The highest BCUT2D eigenvalue weighted by molar-refractivity contribution is 5.91. The highest BCUT2D eigenvalue weighted by Crippen LogP contribution is 1.99. The maximum Gasteiger partial charge on any atom is 0.286 e. The van der Waals surface area contributed by atoms with Gasteiger partial charge in [0, 0.05) is 20.0 Å². The van der Waals surface area contributed by atoms with Gasteiger partial charge in [0.15, 0.2) is 5.76 Å². The lowest BCUT2D eigenvalue weighted by Crippen LogP contribution is -2.24. The molecule has 0 aromatic carbocycles. The maximum atomic E-state index is 11.4. The predicted octanol–water partition coefficient (Wildman–Crippen LogP) is 1.32. The number of furan rings is 1. The van der Waals surface area contributed by atoms with Crippen LogP contribution >= 0.6 is 0 Å². The molecule has 5 heteroatoms. The summed E-state index contributed by atoms with van der Waals surface area (Å²) >= 11 is 0. The number of amides is 2. The van der Waals surface area contributed by atoms with Gasteiger partial charge < -0.3 is 15.1 Å². The van der Waals surface area contributed by atoms with Crippen LogP contribution < -0.4 is 10.6 Å². The van der Waals surface area contributed by atoms with Gasteiger partial charge in [-0.25, -0.2) is 0 Å². The first kappa shape index (κ1) is 13.3. The first-order valence-electron chi connectivity index (χ1n) is 5.76. The summed E-state index contributed by atoms with van der Waals surface area (Å²) in [7, 11) is 0. The van der Waals surface area contributed by atoms with Gasteiger partial charge in [-0.1, -0.05) is 0 Å². The van der Waals surface area contributed by atoms with Gasteiger partial charge in [0.1, 0.15) is 0 Å². The molecule has 0 spiro atoms. The molecule has 2 N–H and O–H groups in total. The third-order valence-corrected chi connectivity index (χ3v) is 2.26. The van der Waals surface area contributed by atoms with E-state index in [1.54, 1.807) is 12.1 Å². The predicted molar refractivity (Wildman–Crippen MR) is 63.6 cm³/mol. The second kappa shape index (κ2) is 7.49. The largest absolute Gasteiger partial charge is 0.459 e. The highest BCUT2D eigenvalue weighted by atomic mass is 16.3. The minimum atomic E-state index is -0.183. The Hall–Kier alpha value is -1.78. The van der Waals surface area contributed by atoms with Crippen molar-refractivity contribution in [2.75, 3.05) is 13.1 Å². The summed E-state index contributed by atoms with van der Waals surface area (Å²) < 4.78 is 4.96. The lowest BCUT2D eigenvalue weighted by Gasteiger charge is -2.03. The van der Waals surface area contributed by atoms with Crippen molar-refractivity contribution in [2.24, 2.45) is 0 Å². The van der Waals surface area contributed by atoms with Crippen molar-refractivity contribution in [2.45, 2.75) is 26.2 Å². The van der Waals surface area contributed by atoms with Gasteiger partial charge in [0.05, 0.1) is 6.26 Å². The van der Waals surface area contributed by atoms with Gasteiger partial charge in [-0.3, -0.25) is 9.59 Å². The van der Waals surface area contributed by atoms with E-state index < -0.39 is 0 Å². The zero-order valence-corrected chi connectivity index (χ0v) is 9.99. The van der Waals surface area contributed by atoms with E-state index in [-0.39, 0.29) is 11.8 Å². The van der Waals surface area contributed by atoms with E-state index in [1.807, 2.05) is 0 Å². The summed E-state index contributed by atoms with van der Waals surface area (Å²) in [5.41, 5.74) is 0. The van der Waals surface area contributed by atoms with E-state index in [2.05, 4.69) is 10.6 Å². The average Bonchev–Trinajstić information content (AvgIpc) is 2.80. The van der Waals surface area contributed by atoms with E-state index in [0.29, 0.717) is 18.8 Å². The number of carbonyl (C=O) groups excluding carboxylic acids is 2. The molecule has 0 aliphatic rings. The molecule has 0 bridgehead atoms. The average molecular weight is 238 g/mol. The molecule has 0 fully saturated rings. The van der Waals surface area contributed by atoms with E-state index >= 15 is 0 Å². The van der Waals surface area contributed by atoms with E-state index in [0.717, 1.165) is 19.3 Å². The number of hydrogen-bond acceptors (Lipinski definition) is 3. The van der Waals surface area contributed by atoms with Crippen LogP contribution in [0.3, 0.4) is 0 Å². The smallest absolute Gasteiger partial charge is 0.286 e. The normalized spacial score (nSPS) is 9.94. The van der Waals surface area contributed by atoms with Crippen molar-refractivity contribution in [1.82, 2.24) is 10.6 Å². The van der Waals surface area contributed by atoms with Crippen molar-refractivity contribution in [1.29, 1.82) is 0 Å². The van der Waals surface area contributed by atoms with Gasteiger partial charge in [-0.15, -0.1) is 0 Å². The van der Waals surface area contributed by atoms with Crippen LogP contribution in [-0.2, 0) is 4.79 Å². The number of hydrogen-bond donors (Lipinski definition) is 2. The second-order valence-electron chi connectivity index (χ2n) is 3.78. The monoisotopic (exact) mass is 238 g/mol. The lowest BCUT2D eigenvalue weighted by atomic mass is 10.2. The lowest BCUT2D eigenvalue weighted by molar-refractivity contribution is -0.118. The van der Waals surface area contributed by atoms with Crippen LogP contribution in [0.15, 0.2) is 22.8 Å². The molecule has 0 saturated carbocycles. The molecule has 94 valence electrons. The first-order valence-corrected chi connectivity index (χ1v) is 5.76. The molecule has 0 aliphatic heterocycles. The topological polar surface area (TPSA) is 71.3 Å². The number of rotatable bonds is 7.